The quantitative estimate of drug-likeness (QED) is 0.0169. The molecule has 5 atom stereocenters. The topological polar surface area (TPSA) is 237 Å². The molecule has 0 aromatic heterocycles. The number of ether oxygens (including phenoxy) is 4. The van der Waals surface area contributed by atoms with Gasteiger partial charge in [0.15, 0.2) is 12.2 Å². The van der Waals surface area contributed by atoms with Gasteiger partial charge in [-0.15, -0.1) is 0 Å². The zero-order valence-corrected chi connectivity index (χ0v) is 66.9. The maximum absolute atomic E-state index is 13.1. The molecular formula is C85H144O17P2. The van der Waals surface area contributed by atoms with Gasteiger partial charge in [-0.05, 0) is 154 Å². The van der Waals surface area contributed by atoms with Crippen LogP contribution in [-0.2, 0) is 65.4 Å². The Labute approximate surface area is 631 Å². The first-order valence-corrected chi connectivity index (χ1v) is 43.4. The highest BCUT2D eigenvalue weighted by Crippen LogP contribution is 2.45. The van der Waals surface area contributed by atoms with Crippen molar-refractivity contribution < 1.29 is 80.2 Å². The second kappa shape index (κ2) is 76.4. The maximum atomic E-state index is 13.1. The van der Waals surface area contributed by atoms with E-state index in [2.05, 4.69) is 161 Å². The van der Waals surface area contributed by atoms with Gasteiger partial charge in [0, 0.05) is 25.7 Å². The summed E-state index contributed by atoms with van der Waals surface area (Å²) >= 11 is 0. The molecule has 0 aliphatic rings. The van der Waals surface area contributed by atoms with Crippen LogP contribution in [0.3, 0.4) is 0 Å². The summed E-state index contributed by atoms with van der Waals surface area (Å²) in [6.45, 7) is 4.53. The van der Waals surface area contributed by atoms with Gasteiger partial charge in [-0.3, -0.25) is 37.3 Å². The van der Waals surface area contributed by atoms with Crippen LogP contribution in [0.1, 0.15) is 323 Å². The SMILES string of the molecule is CC/C=C\C/C=C\C/C=C\C/C=C\C/C=C\CCCCCC(=O)OCC(COP(=O)(O)OCC(O)COP(=O)(O)OCC(COC(=O)CCCCCCC/C=C\CCCCCCCC)OC(=O)CCCCCCC/C=C\C/C=C\CCC)OC(=O)CCCCCCCCC/C=C\C/C=C\C/C=C\CC. The van der Waals surface area contributed by atoms with E-state index in [4.69, 9.17) is 37.0 Å². The zero-order chi connectivity index (χ0) is 76.0. The number of carbonyl (C=O) groups excluding carboxylic acids is 4. The molecule has 17 nitrogen and oxygen atoms in total. The lowest BCUT2D eigenvalue weighted by Crippen LogP contribution is -2.30. The number of aliphatic hydroxyl groups excluding tert-OH is 1. The van der Waals surface area contributed by atoms with Crippen molar-refractivity contribution in [2.75, 3.05) is 39.6 Å². The molecule has 0 aliphatic carbocycles. The molecule has 0 radical (unpaired) electrons. The van der Waals surface area contributed by atoms with E-state index in [0.29, 0.717) is 25.7 Å². The monoisotopic (exact) mass is 1500 g/mol. The lowest BCUT2D eigenvalue weighted by atomic mass is 10.1. The van der Waals surface area contributed by atoms with Crippen LogP contribution in [0.5, 0.6) is 0 Å². The van der Waals surface area contributed by atoms with E-state index in [-0.39, 0.29) is 25.7 Å². The minimum atomic E-state index is -4.99. The van der Waals surface area contributed by atoms with Crippen molar-refractivity contribution >= 4 is 39.5 Å². The summed E-state index contributed by atoms with van der Waals surface area (Å²) in [5.41, 5.74) is 0. The molecule has 0 bridgehead atoms. The third-order valence-corrected chi connectivity index (χ3v) is 18.5. The molecule has 0 amide bonds. The van der Waals surface area contributed by atoms with Gasteiger partial charge in [0.2, 0.25) is 0 Å². The number of hydrogen-bond acceptors (Lipinski definition) is 15. The van der Waals surface area contributed by atoms with Gasteiger partial charge < -0.3 is 33.8 Å². The normalized spacial score (nSPS) is 14.6. The molecule has 19 heteroatoms. The third-order valence-electron chi connectivity index (χ3n) is 16.6. The summed E-state index contributed by atoms with van der Waals surface area (Å²) in [7, 11) is -9.98. The van der Waals surface area contributed by atoms with E-state index < -0.39 is 97.5 Å². The second-order valence-electron chi connectivity index (χ2n) is 26.6. The van der Waals surface area contributed by atoms with Crippen LogP contribution in [0.15, 0.2) is 134 Å². The smallest absolute Gasteiger partial charge is 0.462 e. The molecule has 5 unspecified atom stereocenters. The van der Waals surface area contributed by atoms with Gasteiger partial charge in [0.1, 0.15) is 19.3 Å². The van der Waals surface area contributed by atoms with E-state index in [1.807, 2.05) is 0 Å². The first-order chi connectivity index (χ1) is 50.7. The Morgan fingerprint density at radius 1 is 0.279 bits per heavy atom. The fraction of sp³-hybridized carbons (Fsp3) is 0.694. The Morgan fingerprint density at radius 2 is 0.519 bits per heavy atom. The molecule has 0 saturated carbocycles. The summed E-state index contributed by atoms with van der Waals surface area (Å²) in [4.78, 5) is 73.1. The highest BCUT2D eigenvalue weighted by atomic mass is 31.2. The molecule has 0 saturated heterocycles. The van der Waals surface area contributed by atoms with Gasteiger partial charge in [0.05, 0.1) is 26.4 Å². The zero-order valence-electron chi connectivity index (χ0n) is 65.2. The molecule has 0 spiro atoms. The van der Waals surface area contributed by atoms with Gasteiger partial charge >= 0.3 is 39.5 Å². The molecule has 0 rings (SSSR count). The summed E-state index contributed by atoms with van der Waals surface area (Å²) in [6, 6.07) is 0. The van der Waals surface area contributed by atoms with Gasteiger partial charge in [-0.2, -0.15) is 0 Å². The predicted octanol–water partition coefficient (Wildman–Crippen LogP) is 23.7. The molecular weight excluding hydrogens is 1350 g/mol. The number of phosphoric acid groups is 2. The number of hydrogen-bond donors (Lipinski definition) is 3. The Bertz CT molecular complexity index is 2490. The van der Waals surface area contributed by atoms with Crippen LogP contribution in [0, 0.1) is 0 Å². The fourth-order valence-corrected chi connectivity index (χ4v) is 12.0. The van der Waals surface area contributed by atoms with Gasteiger partial charge in [-0.1, -0.05) is 277 Å². The molecule has 0 heterocycles. The molecule has 3 N–H and O–H groups in total. The van der Waals surface area contributed by atoms with Crippen molar-refractivity contribution in [3.05, 3.63) is 134 Å². The Morgan fingerprint density at radius 3 is 0.827 bits per heavy atom. The van der Waals surface area contributed by atoms with Crippen molar-refractivity contribution in [2.45, 2.75) is 341 Å². The van der Waals surface area contributed by atoms with Crippen molar-refractivity contribution in [2.24, 2.45) is 0 Å². The average molecular weight is 1500 g/mol. The van der Waals surface area contributed by atoms with E-state index in [9.17, 15) is 43.2 Å². The number of phosphoric ester groups is 2. The van der Waals surface area contributed by atoms with Crippen molar-refractivity contribution in [1.82, 2.24) is 0 Å². The summed E-state index contributed by atoms with van der Waals surface area (Å²) in [5.74, 6) is -2.24. The summed E-state index contributed by atoms with van der Waals surface area (Å²) in [6.07, 6.45) is 85.7. The number of esters is 4. The number of carbonyl (C=O) groups is 4. The lowest BCUT2D eigenvalue weighted by Gasteiger charge is -2.21. The van der Waals surface area contributed by atoms with Crippen molar-refractivity contribution in [3.63, 3.8) is 0 Å². The Hall–Kier alpha value is -4.80. The minimum absolute atomic E-state index is 0.0723. The Balaban J connectivity index is 5.41. The van der Waals surface area contributed by atoms with Gasteiger partial charge in [0.25, 0.3) is 0 Å². The van der Waals surface area contributed by atoms with E-state index >= 15 is 0 Å². The van der Waals surface area contributed by atoms with Crippen molar-refractivity contribution in [3.8, 4) is 0 Å². The molecule has 0 aromatic carbocycles. The molecule has 0 aromatic rings. The molecule has 0 fully saturated rings. The third kappa shape index (κ3) is 75.4. The van der Waals surface area contributed by atoms with E-state index in [1.54, 1.807) is 0 Å². The molecule has 0 aliphatic heterocycles. The predicted molar refractivity (Wildman–Crippen MR) is 427 cm³/mol. The van der Waals surface area contributed by atoms with Crippen LogP contribution >= 0.6 is 15.6 Å². The highest BCUT2D eigenvalue weighted by Gasteiger charge is 2.30. The minimum Gasteiger partial charge on any atom is -0.462 e. The van der Waals surface area contributed by atoms with Crippen LogP contribution in [0.25, 0.3) is 0 Å². The number of aliphatic hydroxyl groups is 1. The largest absolute Gasteiger partial charge is 0.472 e. The maximum Gasteiger partial charge on any atom is 0.472 e. The average Bonchev–Trinajstić information content (AvgIpc) is 0.911. The molecule has 596 valence electrons. The number of rotatable bonds is 75. The van der Waals surface area contributed by atoms with Crippen molar-refractivity contribution in [1.29, 1.82) is 0 Å². The van der Waals surface area contributed by atoms with Crippen LogP contribution in [-0.4, -0.2) is 96.7 Å². The van der Waals surface area contributed by atoms with Crippen LogP contribution in [0.4, 0.5) is 0 Å². The molecule has 104 heavy (non-hydrogen) atoms. The highest BCUT2D eigenvalue weighted by molar-refractivity contribution is 7.47. The fourth-order valence-electron chi connectivity index (χ4n) is 10.5. The number of unbranched alkanes of at least 4 members (excludes halogenated alkanes) is 27. The van der Waals surface area contributed by atoms with Crippen LogP contribution in [0.2, 0.25) is 0 Å². The second-order valence-corrected chi connectivity index (χ2v) is 29.5. The first kappa shape index (κ1) is 99.2. The lowest BCUT2D eigenvalue weighted by molar-refractivity contribution is -0.161. The van der Waals surface area contributed by atoms with E-state index in [0.717, 1.165) is 205 Å². The van der Waals surface area contributed by atoms with Crippen LogP contribution < -0.4 is 0 Å². The summed E-state index contributed by atoms with van der Waals surface area (Å²) in [5, 5.41) is 10.6. The standard InChI is InChI=1S/C85H144O17P2/c1-5-9-13-17-21-25-29-33-36-38-39-41-43-47-50-54-58-62-66-70-83(88)96-76-81(102-85(90)72-68-64-60-56-52-48-44-40-37-34-30-26-22-18-14-10-6-2)78-100-104(93,94)98-74-79(86)73-97-103(91,92)99-77-80(101-84(89)71-67-63-59-55-51-45-32-28-24-20-16-12-8-4)75-95-82(87)69-65-61-57-53-49-46-42-35-31-27-23-19-15-11-7-3/h9-10,13-14,16,20-22,25-26,28,32-37,39,41-42,47,50,79-81,86H,5-8,11-12,15,17-19,23-24,27,29-31,38,40,43-46,48-49,51-78H2,1-4H3,(H,91,92)(H,93,94)/b13-9-,14-10-,20-16-,25-21-,26-22-,32-28-,36-33-,37-34-,41-39-,42-35-,50-47-. The van der Waals surface area contributed by atoms with E-state index in [1.165, 1.54) is 38.5 Å². The summed E-state index contributed by atoms with van der Waals surface area (Å²) < 4.78 is 68.6. The van der Waals surface area contributed by atoms with Gasteiger partial charge in [-0.25, -0.2) is 9.13 Å². The first-order valence-electron chi connectivity index (χ1n) is 40.4. The number of allylic oxidation sites excluding steroid dienone is 22. The Kier molecular flexibility index (Phi) is 72.9.